The third-order valence-electron chi connectivity index (χ3n) is 5.74. The predicted molar refractivity (Wildman–Crippen MR) is 107 cm³/mol. The summed E-state index contributed by atoms with van der Waals surface area (Å²) >= 11 is 0. The summed E-state index contributed by atoms with van der Waals surface area (Å²) in [5.41, 5.74) is 10.2. The molecule has 0 radical (unpaired) electrons. The van der Waals surface area contributed by atoms with Gasteiger partial charge in [-0.05, 0) is 36.1 Å². The number of benzene rings is 2. The minimum Gasteiger partial charge on any atom is -0.336 e. The average molecular weight is 364 g/mol. The second kappa shape index (κ2) is 8.21. The molecule has 1 amide bonds. The lowest BCUT2D eigenvalue weighted by molar-refractivity contribution is 0.0545. The maximum atomic E-state index is 12.7. The molecule has 5 heteroatoms. The first kappa shape index (κ1) is 18.2. The topological polar surface area (TPSA) is 47.6 Å². The summed E-state index contributed by atoms with van der Waals surface area (Å²) in [6, 6.07) is 18.9. The molecule has 2 aromatic rings. The Kier molecular flexibility index (Phi) is 5.53. The van der Waals surface area contributed by atoms with Gasteiger partial charge in [-0.3, -0.25) is 9.69 Å². The van der Waals surface area contributed by atoms with Gasteiger partial charge in [-0.1, -0.05) is 49.4 Å². The molecule has 2 fully saturated rings. The van der Waals surface area contributed by atoms with Crippen molar-refractivity contribution in [2.24, 2.45) is 0 Å². The van der Waals surface area contributed by atoms with Crippen LogP contribution in [0.1, 0.15) is 40.9 Å². The molecule has 27 heavy (non-hydrogen) atoms. The van der Waals surface area contributed by atoms with Gasteiger partial charge in [0.05, 0.1) is 6.17 Å². The van der Waals surface area contributed by atoms with Crippen molar-refractivity contribution in [3.63, 3.8) is 0 Å². The quantitative estimate of drug-likeness (QED) is 0.875. The molecule has 2 atom stereocenters. The number of aryl methyl sites for hydroxylation is 1. The Bertz CT molecular complexity index is 754. The van der Waals surface area contributed by atoms with Crippen LogP contribution in [0.2, 0.25) is 0 Å². The third kappa shape index (κ3) is 4.05. The lowest BCUT2D eigenvalue weighted by Crippen LogP contribution is -2.55. The number of hydrazine groups is 1. The Hall–Kier alpha value is -2.21. The number of nitrogens with zero attached hydrogens (tertiary/aromatic N) is 2. The molecule has 0 saturated carbocycles. The van der Waals surface area contributed by atoms with E-state index in [9.17, 15) is 4.79 Å². The van der Waals surface area contributed by atoms with Gasteiger partial charge in [0, 0.05) is 37.8 Å². The van der Waals surface area contributed by atoms with Gasteiger partial charge >= 0.3 is 0 Å². The zero-order valence-electron chi connectivity index (χ0n) is 15.9. The molecule has 142 valence electrons. The maximum Gasteiger partial charge on any atom is 0.253 e. The fourth-order valence-corrected chi connectivity index (χ4v) is 3.99. The van der Waals surface area contributed by atoms with E-state index in [4.69, 9.17) is 0 Å². The molecule has 2 aliphatic rings. The van der Waals surface area contributed by atoms with E-state index < -0.39 is 0 Å². The Balaban J connectivity index is 1.30. The molecule has 2 N–H and O–H groups in total. The second-order valence-electron chi connectivity index (χ2n) is 7.38. The Morgan fingerprint density at radius 1 is 0.963 bits per heavy atom. The molecule has 0 spiro atoms. The summed E-state index contributed by atoms with van der Waals surface area (Å²) in [5.74, 6) is 0.150. The van der Waals surface area contributed by atoms with E-state index >= 15 is 0 Å². The van der Waals surface area contributed by atoms with Crippen LogP contribution in [0.5, 0.6) is 0 Å². The molecule has 5 nitrogen and oxygen atoms in total. The first-order valence-corrected chi connectivity index (χ1v) is 9.93. The van der Waals surface area contributed by atoms with E-state index in [2.05, 4.69) is 65.1 Å². The first-order valence-electron chi connectivity index (χ1n) is 9.93. The lowest BCUT2D eigenvalue weighted by atomic mass is 10.0. The highest BCUT2D eigenvalue weighted by Crippen LogP contribution is 2.24. The molecule has 2 heterocycles. The molecular formula is C22H28N4O. The number of piperazine rings is 1. The van der Waals surface area contributed by atoms with Crippen LogP contribution in [-0.2, 0) is 6.42 Å². The molecule has 2 aromatic carbocycles. The van der Waals surface area contributed by atoms with Crippen molar-refractivity contribution in [1.29, 1.82) is 0 Å². The van der Waals surface area contributed by atoms with Crippen LogP contribution in [0.4, 0.5) is 0 Å². The summed E-state index contributed by atoms with van der Waals surface area (Å²) < 4.78 is 0. The molecule has 0 bridgehead atoms. The zero-order chi connectivity index (χ0) is 18.6. The smallest absolute Gasteiger partial charge is 0.253 e. The minimum absolute atomic E-state index is 0.150. The number of carbonyl (C=O) groups is 1. The van der Waals surface area contributed by atoms with Gasteiger partial charge in [0.25, 0.3) is 5.91 Å². The Morgan fingerprint density at radius 2 is 1.67 bits per heavy atom. The number of rotatable bonds is 4. The van der Waals surface area contributed by atoms with Gasteiger partial charge in [-0.15, -0.1) is 0 Å². The first-order chi connectivity index (χ1) is 13.2. The van der Waals surface area contributed by atoms with Crippen molar-refractivity contribution in [2.45, 2.75) is 32.0 Å². The third-order valence-corrected chi connectivity index (χ3v) is 5.74. The van der Waals surface area contributed by atoms with Crippen LogP contribution in [0.3, 0.4) is 0 Å². The second-order valence-corrected chi connectivity index (χ2v) is 7.38. The van der Waals surface area contributed by atoms with E-state index in [0.717, 1.165) is 44.6 Å². The van der Waals surface area contributed by atoms with Crippen LogP contribution in [0.15, 0.2) is 54.6 Å². The van der Waals surface area contributed by atoms with E-state index in [0.29, 0.717) is 12.2 Å². The number of hydrogen-bond acceptors (Lipinski definition) is 4. The van der Waals surface area contributed by atoms with Crippen LogP contribution in [0, 0.1) is 0 Å². The molecule has 4 rings (SSSR count). The van der Waals surface area contributed by atoms with Crippen LogP contribution in [0.25, 0.3) is 0 Å². The van der Waals surface area contributed by atoms with Gasteiger partial charge in [0.1, 0.15) is 0 Å². The van der Waals surface area contributed by atoms with Crippen molar-refractivity contribution < 1.29 is 4.79 Å². The highest BCUT2D eigenvalue weighted by Gasteiger charge is 2.32. The molecule has 0 aliphatic carbocycles. The molecule has 2 saturated heterocycles. The highest BCUT2D eigenvalue weighted by atomic mass is 16.2. The number of nitrogens with one attached hydrogen (secondary N) is 2. The Labute approximate surface area is 161 Å². The van der Waals surface area contributed by atoms with Crippen LogP contribution in [-0.4, -0.2) is 48.1 Å². The van der Waals surface area contributed by atoms with Gasteiger partial charge in [0.15, 0.2) is 0 Å². The normalized spacial score (nSPS) is 23.5. The molecule has 0 aromatic heterocycles. The summed E-state index contributed by atoms with van der Waals surface area (Å²) in [7, 11) is 0. The number of carbonyl (C=O) groups excluding carboxylic acids is 1. The van der Waals surface area contributed by atoms with Crippen molar-refractivity contribution >= 4 is 5.91 Å². The van der Waals surface area contributed by atoms with Crippen LogP contribution < -0.4 is 10.9 Å². The average Bonchev–Trinajstić information content (AvgIpc) is 3.24. The van der Waals surface area contributed by atoms with Crippen LogP contribution >= 0.6 is 0 Å². The molecule has 2 aliphatic heterocycles. The standard InChI is InChI=1S/C22H28N4O/c1-2-17-8-10-19(11-9-17)22(27)26-14-12-25(13-15-26)21-16-20(23-24-21)18-6-4-3-5-7-18/h3-11,20-21,23-24H,2,12-16H2,1H3. The summed E-state index contributed by atoms with van der Waals surface area (Å²) in [6.07, 6.45) is 2.35. The largest absolute Gasteiger partial charge is 0.336 e. The minimum atomic E-state index is 0.150. The molecular weight excluding hydrogens is 336 g/mol. The maximum absolute atomic E-state index is 12.7. The number of hydrogen-bond donors (Lipinski definition) is 2. The van der Waals surface area contributed by atoms with E-state index in [1.54, 1.807) is 0 Å². The van der Waals surface area contributed by atoms with Crippen molar-refractivity contribution in [2.75, 3.05) is 26.2 Å². The Morgan fingerprint density at radius 3 is 2.33 bits per heavy atom. The van der Waals surface area contributed by atoms with Crippen molar-refractivity contribution in [3.8, 4) is 0 Å². The van der Waals surface area contributed by atoms with Gasteiger partial charge in [-0.25, -0.2) is 10.9 Å². The van der Waals surface area contributed by atoms with Gasteiger partial charge in [0.2, 0.25) is 0 Å². The van der Waals surface area contributed by atoms with E-state index in [1.165, 1.54) is 11.1 Å². The lowest BCUT2D eigenvalue weighted by Gasteiger charge is -2.37. The number of amides is 1. The van der Waals surface area contributed by atoms with Crippen molar-refractivity contribution in [1.82, 2.24) is 20.7 Å². The summed E-state index contributed by atoms with van der Waals surface area (Å²) in [4.78, 5) is 17.2. The predicted octanol–water partition coefficient (Wildman–Crippen LogP) is 2.57. The SMILES string of the molecule is CCc1ccc(C(=O)N2CCN(C3CC(c4ccccc4)NN3)CC2)cc1. The zero-order valence-corrected chi connectivity index (χ0v) is 15.9. The van der Waals surface area contributed by atoms with E-state index in [1.807, 2.05) is 17.0 Å². The monoisotopic (exact) mass is 364 g/mol. The fourth-order valence-electron chi connectivity index (χ4n) is 3.99. The van der Waals surface area contributed by atoms with Gasteiger partial charge < -0.3 is 4.90 Å². The highest BCUT2D eigenvalue weighted by molar-refractivity contribution is 5.94. The fraction of sp³-hybridized carbons (Fsp3) is 0.409. The van der Waals surface area contributed by atoms with Crippen molar-refractivity contribution in [3.05, 3.63) is 71.3 Å². The molecule has 2 unspecified atom stereocenters. The summed E-state index contributed by atoms with van der Waals surface area (Å²) in [5, 5.41) is 0. The van der Waals surface area contributed by atoms with E-state index in [-0.39, 0.29) is 5.91 Å². The summed E-state index contributed by atoms with van der Waals surface area (Å²) in [6.45, 7) is 5.49. The van der Waals surface area contributed by atoms with Gasteiger partial charge in [-0.2, -0.15) is 0 Å².